The van der Waals surface area contributed by atoms with Gasteiger partial charge in [-0.25, -0.2) is 0 Å². The molecule has 0 N–H and O–H groups in total. The Bertz CT molecular complexity index is 1280. The van der Waals surface area contributed by atoms with Crippen molar-refractivity contribution >= 4 is 50.4 Å². The first-order valence-electron chi connectivity index (χ1n) is 9.72. The lowest BCUT2D eigenvalue weighted by molar-refractivity contribution is -0.122. The topological polar surface area (TPSA) is 63.7 Å². The van der Waals surface area contributed by atoms with Crippen LogP contribution < -0.4 is 4.18 Å². The Kier molecular flexibility index (Phi) is 6.45. The fourth-order valence-corrected chi connectivity index (χ4v) is 5.24. The van der Waals surface area contributed by atoms with E-state index in [0.717, 1.165) is 16.7 Å². The Balaban J connectivity index is 1.46. The number of rotatable bonds is 6. The largest absolute Gasteiger partial charge is 0.379 e. The van der Waals surface area contributed by atoms with E-state index < -0.39 is 10.1 Å². The first kappa shape index (κ1) is 22.3. The summed E-state index contributed by atoms with van der Waals surface area (Å²) in [7, 11) is -3.92. The number of thiocarbonyl (C=S) groups is 1. The van der Waals surface area contributed by atoms with Gasteiger partial charge in [0.15, 0.2) is 0 Å². The second-order valence-electron chi connectivity index (χ2n) is 7.17. The van der Waals surface area contributed by atoms with Crippen molar-refractivity contribution in [2.75, 3.05) is 0 Å². The number of aryl methyl sites for hydroxylation is 1. The third-order valence-corrected chi connectivity index (χ3v) is 7.39. The molecule has 8 heteroatoms. The molecule has 1 saturated heterocycles. The molecule has 0 aromatic heterocycles. The van der Waals surface area contributed by atoms with Crippen molar-refractivity contribution in [1.29, 1.82) is 0 Å². The van der Waals surface area contributed by atoms with E-state index in [1.807, 2.05) is 37.3 Å². The average Bonchev–Trinajstić information content (AvgIpc) is 3.03. The van der Waals surface area contributed by atoms with Gasteiger partial charge in [-0.2, -0.15) is 8.42 Å². The van der Waals surface area contributed by atoms with Crippen LogP contribution in [0, 0.1) is 6.92 Å². The maximum Gasteiger partial charge on any atom is 0.339 e. The third-order valence-electron chi connectivity index (χ3n) is 4.75. The molecule has 0 aliphatic carbocycles. The standard InChI is InChI=1S/C24H19NO4S3/c1-17-7-13-21(14-8-17)32(27,28)29-20-11-9-18(10-12-20)15-22-23(26)25(24(30)31-22)16-19-5-3-2-4-6-19/h2-15H,16H2,1H3/b22-15-. The second kappa shape index (κ2) is 9.28. The molecule has 1 aliphatic rings. The number of carbonyl (C=O) groups is 1. The summed E-state index contributed by atoms with van der Waals surface area (Å²) < 4.78 is 30.6. The summed E-state index contributed by atoms with van der Waals surface area (Å²) in [6, 6.07) is 22.6. The minimum atomic E-state index is -3.92. The van der Waals surface area contributed by atoms with Gasteiger partial charge in [0, 0.05) is 0 Å². The first-order valence-corrected chi connectivity index (χ1v) is 12.4. The molecule has 0 atom stereocenters. The highest BCUT2D eigenvalue weighted by molar-refractivity contribution is 8.26. The Morgan fingerprint density at radius 1 is 0.969 bits per heavy atom. The molecule has 0 radical (unpaired) electrons. The molecule has 0 spiro atoms. The summed E-state index contributed by atoms with van der Waals surface area (Å²) in [5.74, 6) is 0.0467. The van der Waals surface area contributed by atoms with Crippen LogP contribution in [0.25, 0.3) is 6.08 Å². The summed E-state index contributed by atoms with van der Waals surface area (Å²) in [6.07, 6.45) is 1.74. The smallest absolute Gasteiger partial charge is 0.339 e. The van der Waals surface area contributed by atoms with E-state index in [1.54, 1.807) is 47.4 Å². The molecule has 162 valence electrons. The monoisotopic (exact) mass is 481 g/mol. The average molecular weight is 482 g/mol. The minimum Gasteiger partial charge on any atom is -0.379 e. The minimum absolute atomic E-state index is 0.0919. The van der Waals surface area contributed by atoms with Crippen LogP contribution in [0.3, 0.4) is 0 Å². The molecular formula is C24H19NO4S3. The summed E-state index contributed by atoms with van der Waals surface area (Å²) in [6.45, 7) is 2.30. The molecule has 1 heterocycles. The van der Waals surface area contributed by atoms with Crippen molar-refractivity contribution < 1.29 is 17.4 Å². The van der Waals surface area contributed by atoms with Crippen molar-refractivity contribution in [3.05, 3.63) is 100 Å². The molecule has 0 bridgehead atoms. The van der Waals surface area contributed by atoms with Gasteiger partial charge in [0.05, 0.1) is 11.4 Å². The third kappa shape index (κ3) is 5.09. The predicted octanol–water partition coefficient (Wildman–Crippen LogP) is 5.16. The molecule has 3 aromatic rings. The maximum absolute atomic E-state index is 12.8. The Labute approximate surface area is 196 Å². The molecule has 0 saturated carbocycles. The molecule has 32 heavy (non-hydrogen) atoms. The van der Waals surface area contributed by atoms with Crippen LogP contribution in [0.5, 0.6) is 5.75 Å². The van der Waals surface area contributed by atoms with Gasteiger partial charge < -0.3 is 4.18 Å². The molecular weight excluding hydrogens is 462 g/mol. The van der Waals surface area contributed by atoms with Crippen molar-refractivity contribution in [1.82, 2.24) is 4.90 Å². The van der Waals surface area contributed by atoms with Crippen molar-refractivity contribution in [3.63, 3.8) is 0 Å². The predicted molar refractivity (Wildman–Crippen MR) is 131 cm³/mol. The van der Waals surface area contributed by atoms with Gasteiger partial charge in [0.25, 0.3) is 5.91 Å². The van der Waals surface area contributed by atoms with Crippen molar-refractivity contribution in [3.8, 4) is 5.75 Å². The molecule has 1 aliphatic heterocycles. The fourth-order valence-electron chi connectivity index (χ4n) is 3.05. The number of amides is 1. The van der Waals surface area contributed by atoms with Crippen LogP contribution in [0.2, 0.25) is 0 Å². The maximum atomic E-state index is 12.8. The van der Waals surface area contributed by atoms with E-state index in [1.165, 1.54) is 23.9 Å². The number of hydrogen-bond acceptors (Lipinski definition) is 6. The zero-order valence-electron chi connectivity index (χ0n) is 17.1. The number of thioether (sulfide) groups is 1. The normalized spacial score (nSPS) is 15.4. The van der Waals surface area contributed by atoms with Crippen LogP contribution in [-0.4, -0.2) is 23.5 Å². The van der Waals surface area contributed by atoms with Gasteiger partial charge in [-0.15, -0.1) is 0 Å². The van der Waals surface area contributed by atoms with E-state index in [4.69, 9.17) is 16.4 Å². The highest BCUT2D eigenvalue weighted by Gasteiger charge is 2.31. The molecule has 5 nitrogen and oxygen atoms in total. The van der Waals surface area contributed by atoms with Gasteiger partial charge in [-0.1, -0.05) is 84.1 Å². The number of hydrogen-bond donors (Lipinski definition) is 0. The summed E-state index contributed by atoms with van der Waals surface area (Å²) >= 11 is 6.64. The zero-order chi connectivity index (χ0) is 22.7. The summed E-state index contributed by atoms with van der Waals surface area (Å²) in [5, 5.41) is 0. The van der Waals surface area contributed by atoms with E-state index in [2.05, 4.69) is 0 Å². The molecule has 1 amide bonds. The van der Waals surface area contributed by atoms with Crippen LogP contribution in [0.15, 0.2) is 88.7 Å². The van der Waals surface area contributed by atoms with E-state index in [0.29, 0.717) is 15.8 Å². The second-order valence-corrected chi connectivity index (χ2v) is 10.4. The first-order chi connectivity index (χ1) is 15.3. The van der Waals surface area contributed by atoms with Gasteiger partial charge in [-0.05, 0) is 48.4 Å². The van der Waals surface area contributed by atoms with Gasteiger partial charge >= 0.3 is 10.1 Å². The quantitative estimate of drug-likeness (QED) is 0.275. The van der Waals surface area contributed by atoms with Crippen molar-refractivity contribution in [2.45, 2.75) is 18.4 Å². The Hall–Kier alpha value is -2.94. The zero-order valence-corrected chi connectivity index (χ0v) is 19.5. The lowest BCUT2D eigenvalue weighted by Crippen LogP contribution is -2.27. The molecule has 3 aromatic carbocycles. The van der Waals surface area contributed by atoms with E-state index in [9.17, 15) is 13.2 Å². The van der Waals surface area contributed by atoms with Crippen LogP contribution >= 0.6 is 24.0 Å². The highest BCUT2D eigenvalue weighted by atomic mass is 32.2. The fraction of sp³-hybridized carbons (Fsp3) is 0.0833. The number of carbonyl (C=O) groups excluding carboxylic acids is 1. The van der Waals surface area contributed by atoms with Gasteiger partial charge in [-0.3, -0.25) is 9.69 Å². The van der Waals surface area contributed by atoms with Gasteiger partial charge in [0.2, 0.25) is 0 Å². The van der Waals surface area contributed by atoms with Crippen molar-refractivity contribution in [2.24, 2.45) is 0 Å². The summed E-state index contributed by atoms with van der Waals surface area (Å²) in [5.41, 5.74) is 2.70. The van der Waals surface area contributed by atoms with Crippen LogP contribution in [0.4, 0.5) is 0 Å². The van der Waals surface area contributed by atoms with E-state index in [-0.39, 0.29) is 16.6 Å². The van der Waals surface area contributed by atoms with Gasteiger partial charge in [0.1, 0.15) is 15.0 Å². The molecule has 0 unspecified atom stereocenters. The highest BCUT2D eigenvalue weighted by Crippen LogP contribution is 2.34. The number of benzene rings is 3. The Morgan fingerprint density at radius 2 is 1.62 bits per heavy atom. The lowest BCUT2D eigenvalue weighted by atomic mass is 10.2. The summed E-state index contributed by atoms with van der Waals surface area (Å²) in [4.78, 5) is 15.0. The molecule has 1 fully saturated rings. The van der Waals surface area contributed by atoms with Crippen LogP contribution in [0.1, 0.15) is 16.7 Å². The van der Waals surface area contributed by atoms with Crippen LogP contribution in [-0.2, 0) is 21.5 Å². The SMILES string of the molecule is Cc1ccc(S(=O)(=O)Oc2ccc(/C=C3\SC(=S)N(Cc4ccccc4)C3=O)cc2)cc1. The molecule has 4 rings (SSSR count). The Morgan fingerprint density at radius 3 is 2.28 bits per heavy atom. The lowest BCUT2D eigenvalue weighted by Gasteiger charge is -2.14. The van der Waals surface area contributed by atoms with E-state index >= 15 is 0 Å². The number of nitrogens with zero attached hydrogens (tertiary/aromatic N) is 1.